The molecule has 0 bridgehead atoms. The molecule has 23 heavy (non-hydrogen) atoms. The van der Waals surface area contributed by atoms with Crippen molar-refractivity contribution in [1.82, 2.24) is 20.0 Å². The van der Waals surface area contributed by atoms with Gasteiger partial charge in [-0.15, -0.1) is 0 Å². The van der Waals surface area contributed by atoms with Crippen LogP contribution in [0.5, 0.6) is 5.88 Å². The first-order valence-electron chi connectivity index (χ1n) is 7.96. The van der Waals surface area contributed by atoms with E-state index in [-0.39, 0.29) is 34.5 Å². The van der Waals surface area contributed by atoms with Crippen molar-refractivity contribution in [3.05, 3.63) is 10.7 Å². The Morgan fingerprint density at radius 2 is 2.17 bits per heavy atom. The smallest absolute Gasteiger partial charge is 0.276 e. The highest BCUT2D eigenvalue weighted by Crippen LogP contribution is 2.32. The van der Waals surface area contributed by atoms with Crippen LogP contribution in [0, 0.1) is 5.92 Å². The lowest BCUT2D eigenvalue weighted by Crippen LogP contribution is -2.46. The largest absolute Gasteiger partial charge is 0.475 e. The Kier molecular flexibility index (Phi) is 4.48. The maximum atomic E-state index is 12.7. The molecule has 0 spiro atoms. The van der Waals surface area contributed by atoms with Gasteiger partial charge in [-0.2, -0.15) is 5.10 Å². The zero-order valence-corrected chi connectivity index (χ0v) is 14.1. The fourth-order valence-electron chi connectivity index (χ4n) is 3.01. The Balaban J connectivity index is 1.71. The Hall–Kier alpha value is -1.76. The first kappa shape index (κ1) is 16.1. The van der Waals surface area contributed by atoms with Gasteiger partial charge in [-0.05, 0) is 26.7 Å². The summed E-state index contributed by atoms with van der Waals surface area (Å²) in [4.78, 5) is 26.5. The predicted molar refractivity (Wildman–Crippen MR) is 84.6 cm³/mol. The summed E-state index contributed by atoms with van der Waals surface area (Å²) in [7, 11) is 0. The molecule has 1 aromatic rings. The number of fused-ring (bicyclic) bond motifs is 1. The summed E-state index contributed by atoms with van der Waals surface area (Å²) in [5, 5.41) is 7.43. The van der Waals surface area contributed by atoms with Gasteiger partial charge < -0.3 is 15.0 Å². The molecule has 0 saturated carbocycles. The van der Waals surface area contributed by atoms with Crippen molar-refractivity contribution < 1.29 is 14.3 Å². The number of nitrogens with zero attached hydrogens (tertiary/aromatic N) is 3. The molecule has 7 nitrogen and oxygen atoms in total. The number of likely N-dealkylation sites (tertiary alicyclic amines) is 1. The number of aromatic nitrogens is 2. The lowest BCUT2D eigenvalue weighted by Gasteiger charge is -2.32. The number of hydrogen-bond donors (Lipinski definition) is 1. The number of rotatable bonds is 3. The molecular weight excluding hydrogens is 320 g/mol. The van der Waals surface area contributed by atoms with Crippen LogP contribution in [0.1, 0.15) is 37.2 Å². The van der Waals surface area contributed by atoms with E-state index in [0.717, 1.165) is 12.8 Å². The second kappa shape index (κ2) is 6.39. The minimum atomic E-state index is -0.234. The number of hydrogen-bond acceptors (Lipinski definition) is 4. The molecule has 2 aliphatic heterocycles. The predicted octanol–water partition coefficient (Wildman–Crippen LogP) is 1.31. The van der Waals surface area contributed by atoms with Crippen LogP contribution in [0.4, 0.5) is 0 Å². The summed E-state index contributed by atoms with van der Waals surface area (Å²) in [5.74, 6) is 0.0440. The summed E-state index contributed by atoms with van der Waals surface area (Å²) in [6.45, 7) is 5.99. The average molecular weight is 341 g/mol. The Labute approximate surface area is 139 Å². The number of halogens is 1. The molecule has 1 N–H and O–H groups in total. The Bertz CT molecular complexity index is 628. The molecule has 0 aromatic carbocycles. The first-order chi connectivity index (χ1) is 11.0. The van der Waals surface area contributed by atoms with Gasteiger partial charge in [0.2, 0.25) is 11.8 Å². The molecule has 2 aliphatic rings. The van der Waals surface area contributed by atoms with E-state index in [4.69, 9.17) is 16.3 Å². The van der Waals surface area contributed by atoms with Crippen LogP contribution in [0.15, 0.2) is 0 Å². The fraction of sp³-hybridized carbons (Fsp3) is 0.667. The summed E-state index contributed by atoms with van der Waals surface area (Å²) in [6, 6.07) is 0.0938. The highest BCUT2D eigenvalue weighted by Gasteiger charge is 2.33. The summed E-state index contributed by atoms with van der Waals surface area (Å²) in [6.07, 6.45) is 1.59. The molecule has 1 fully saturated rings. The second-order valence-electron chi connectivity index (χ2n) is 6.29. The van der Waals surface area contributed by atoms with Crippen LogP contribution >= 0.6 is 11.6 Å². The minimum absolute atomic E-state index is 0.000681. The fourth-order valence-corrected chi connectivity index (χ4v) is 3.28. The number of amides is 2. The Morgan fingerprint density at radius 3 is 2.87 bits per heavy atom. The van der Waals surface area contributed by atoms with Crippen LogP contribution in [0.3, 0.4) is 0 Å². The number of carbonyl (C=O) groups is 2. The molecular formula is C15H21ClN4O3. The summed E-state index contributed by atoms with van der Waals surface area (Å²) in [5.41, 5.74) is 0.214. The third kappa shape index (κ3) is 3.15. The van der Waals surface area contributed by atoms with Crippen molar-refractivity contribution in [2.45, 2.75) is 39.3 Å². The van der Waals surface area contributed by atoms with Crippen molar-refractivity contribution in [2.75, 3.05) is 19.7 Å². The molecule has 1 aromatic heterocycles. The van der Waals surface area contributed by atoms with Gasteiger partial charge in [0.05, 0.1) is 12.5 Å². The van der Waals surface area contributed by atoms with E-state index < -0.39 is 0 Å². The van der Waals surface area contributed by atoms with Crippen molar-refractivity contribution in [1.29, 1.82) is 0 Å². The molecule has 8 heteroatoms. The van der Waals surface area contributed by atoms with Crippen LogP contribution in [0.2, 0.25) is 5.02 Å². The molecule has 1 saturated heterocycles. The third-order valence-corrected chi connectivity index (χ3v) is 4.45. The highest BCUT2D eigenvalue weighted by atomic mass is 35.5. The molecule has 3 rings (SSSR count). The van der Waals surface area contributed by atoms with Crippen molar-refractivity contribution >= 4 is 23.4 Å². The molecule has 1 atom stereocenters. The van der Waals surface area contributed by atoms with Gasteiger partial charge in [-0.1, -0.05) is 11.6 Å². The van der Waals surface area contributed by atoms with Gasteiger partial charge in [-0.3, -0.25) is 9.59 Å². The molecule has 0 aliphatic carbocycles. The second-order valence-corrected chi connectivity index (χ2v) is 6.67. The zero-order valence-electron chi connectivity index (χ0n) is 13.3. The maximum absolute atomic E-state index is 12.7. The van der Waals surface area contributed by atoms with E-state index in [1.54, 1.807) is 9.58 Å². The number of nitrogens with one attached hydrogen (secondary N) is 1. The number of piperidine rings is 1. The highest BCUT2D eigenvalue weighted by molar-refractivity contribution is 6.34. The van der Waals surface area contributed by atoms with Gasteiger partial charge in [0.25, 0.3) is 5.91 Å². The molecule has 126 valence electrons. The van der Waals surface area contributed by atoms with Crippen molar-refractivity contribution in [3.8, 4) is 5.88 Å². The van der Waals surface area contributed by atoms with Gasteiger partial charge in [-0.25, -0.2) is 4.68 Å². The third-order valence-electron chi connectivity index (χ3n) is 4.11. The van der Waals surface area contributed by atoms with E-state index in [0.29, 0.717) is 32.1 Å². The van der Waals surface area contributed by atoms with Crippen LogP contribution in [-0.4, -0.2) is 52.2 Å². The average Bonchev–Trinajstić information content (AvgIpc) is 3.09. The number of carbonyl (C=O) groups excluding carboxylic acids is 2. The van der Waals surface area contributed by atoms with Gasteiger partial charge in [0, 0.05) is 19.1 Å². The summed E-state index contributed by atoms with van der Waals surface area (Å²) < 4.78 is 7.00. The molecule has 3 heterocycles. The first-order valence-corrected chi connectivity index (χ1v) is 8.34. The van der Waals surface area contributed by atoms with Crippen LogP contribution in [0.25, 0.3) is 0 Å². The van der Waals surface area contributed by atoms with Crippen LogP contribution in [-0.2, 0) is 11.3 Å². The summed E-state index contributed by atoms with van der Waals surface area (Å²) >= 11 is 6.22. The Morgan fingerprint density at radius 1 is 1.39 bits per heavy atom. The standard InChI is InChI=1S/C15H21ClN4O3/c1-9(2)17-13(21)10-4-3-5-19(8-10)14(22)12-11(16)15-20(18-12)6-7-23-15/h9-10H,3-8H2,1-2H3,(H,17,21). The van der Waals surface area contributed by atoms with E-state index in [1.165, 1.54) is 0 Å². The van der Waals surface area contributed by atoms with Gasteiger partial charge >= 0.3 is 0 Å². The molecule has 2 amide bonds. The molecule has 1 unspecified atom stereocenters. The van der Waals surface area contributed by atoms with Gasteiger partial charge in [0.15, 0.2) is 5.69 Å². The quantitative estimate of drug-likeness (QED) is 0.900. The topological polar surface area (TPSA) is 76.5 Å². The normalized spacial score (nSPS) is 20.3. The van der Waals surface area contributed by atoms with E-state index in [2.05, 4.69) is 10.4 Å². The minimum Gasteiger partial charge on any atom is -0.475 e. The lowest BCUT2D eigenvalue weighted by molar-refractivity contribution is -0.126. The van der Waals surface area contributed by atoms with E-state index >= 15 is 0 Å². The monoisotopic (exact) mass is 340 g/mol. The van der Waals surface area contributed by atoms with Gasteiger partial charge in [0.1, 0.15) is 11.6 Å². The van der Waals surface area contributed by atoms with Crippen molar-refractivity contribution in [2.24, 2.45) is 5.92 Å². The zero-order chi connectivity index (χ0) is 16.6. The van der Waals surface area contributed by atoms with E-state index in [1.807, 2.05) is 13.8 Å². The number of ether oxygens (including phenoxy) is 1. The van der Waals surface area contributed by atoms with Crippen LogP contribution < -0.4 is 10.1 Å². The lowest BCUT2D eigenvalue weighted by atomic mass is 9.96. The maximum Gasteiger partial charge on any atom is 0.276 e. The SMILES string of the molecule is CC(C)NC(=O)C1CCCN(C(=O)c2nn3c(c2Cl)OCC3)C1. The molecule has 0 radical (unpaired) electrons. The van der Waals surface area contributed by atoms with E-state index in [9.17, 15) is 9.59 Å². The van der Waals surface area contributed by atoms with Crippen molar-refractivity contribution in [3.63, 3.8) is 0 Å².